The van der Waals surface area contributed by atoms with Crippen LogP contribution in [0.3, 0.4) is 0 Å². The maximum absolute atomic E-state index is 8.74. The summed E-state index contributed by atoms with van der Waals surface area (Å²) in [6.45, 7) is 0. The van der Waals surface area contributed by atoms with E-state index in [1.54, 1.807) is 0 Å². The van der Waals surface area contributed by atoms with E-state index in [4.69, 9.17) is 20.1 Å². The molecule has 4 N–H and O–H groups in total. The molecule has 0 fully saturated rings. The van der Waals surface area contributed by atoms with Gasteiger partial charge in [-0.3, -0.25) is 4.57 Å². The predicted octanol–water partition coefficient (Wildman–Crippen LogP) is -0.329. The Morgan fingerprint density at radius 3 is 2.15 bits per heavy atom. The van der Waals surface area contributed by atoms with E-state index in [0.717, 1.165) is 5.14 Å². The van der Waals surface area contributed by atoms with Crippen LogP contribution < -0.4 is 9.89 Å². The first-order chi connectivity index (χ1) is 6.16. The van der Waals surface area contributed by atoms with Gasteiger partial charge in [0.2, 0.25) is 0 Å². The minimum atomic E-state index is -3.13. The first-order valence-electron chi connectivity index (χ1n) is 3.82. The summed E-state index contributed by atoms with van der Waals surface area (Å²) in [6, 6.07) is 10.6. The molecular weight excluding hydrogens is 242 g/mol. The summed E-state index contributed by atoms with van der Waals surface area (Å²) in [5.74, 6) is 0. The van der Waals surface area contributed by atoms with Crippen LogP contribution in [0.5, 0.6) is 0 Å². The second-order valence-electron chi connectivity index (χ2n) is 2.31. The zero-order valence-electron chi connectivity index (χ0n) is 7.18. The van der Waals surface area contributed by atoms with Gasteiger partial charge in [-0.05, 0) is 0 Å². The van der Waals surface area contributed by atoms with Gasteiger partial charge in [0, 0.05) is 0 Å². The summed E-state index contributed by atoms with van der Waals surface area (Å²) < 4.78 is 10.2. The number of rotatable bonds is 2. The molecule has 6 heteroatoms. The minimum Gasteiger partial charge on any atom is -0.326 e. The average molecular weight is 255 g/mol. The number of hydrogen-bond donors (Lipinski definition) is 3. The largest absolute Gasteiger partial charge is 0.326 e. The van der Waals surface area contributed by atoms with Crippen molar-refractivity contribution in [2.45, 2.75) is 0 Å². The Balaban J connectivity index is 0.000000310. The van der Waals surface area contributed by atoms with Crippen LogP contribution in [0.25, 0.3) is 0 Å². The molecule has 0 saturated heterocycles. The molecule has 0 aromatic heterocycles. The molecule has 1 aromatic carbocycles. The van der Waals surface area contributed by atoms with Crippen LogP contribution in [0.4, 0.5) is 0 Å². The van der Waals surface area contributed by atoms with E-state index >= 15 is 0 Å². The zero-order chi connectivity index (χ0) is 10.1. The van der Waals surface area contributed by atoms with Gasteiger partial charge < -0.3 is 9.79 Å². The molecule has 0 aliphatic rings. The van der Waals surface area contributed by atoms with Crippen molar-refractivity contribution < 1.29 is 31.5 Å². The minimum absolute atomic E-state index is 0.512. The number of nitrogens with two attached hydrogens (primary N) is 1. The molecule has 0 amide bonds. The van der Waals surface area contributed by atoms with Gasteiger partial charge in [-0.2, -0.15) is 0 Å². The van der Waals surface area contributed by atoms with Crippen LogP contribution in [-0.4, -0.2) is 14.9 Å². The fraction of sp³-hybridized carbons (Fsp3) is 0.143. The van der Waals surface area contributed by atoms with Gasteiger partial charge in [-0.25, -0.2) is 0 Å². The van der Waals surface area contributed by atoms with E-state index in [-0.39, 0.29) is 0 Å². The normalized spacial score (nSPS) is 8.62. The molecule has 70 valence electrons. The number of benzene rings is 1. The summed E-state index contributed by atoms with van der Waals surface area (Å²) in [5, 5.41) is 0.928. The third-order valence-corrected chi connectivity index (χ3v) is 4.08. The van der Waals surface area contributed by atoms with Gasteiger partial charge in [0.1, 0.15) is 0 Å². The molecular formula is C7H12NO3PZn. The van der Waals surface area contributed by atoms with E-state index in [2.05, 4.69) is 24.3 Å². The third kappa shape index (κ3) is 9.87. The van der Waals surface area contributed by atoms with E-state index in [9.17, 15) is 0 Å². The predicted molar refractivity (Wildman–Crippen MR) is 48.6 cm³/mol. The van der Waals surface area contributed by atoms with Crippen LogP contribution in [0.2, 0.25) is 0 Å². The second-order valence-corrected chi connectivity index (χ2v) is 6.85. The van der Waals surface area contributed by atoms with Crippen molar-refractivity contribution in [1.82, 2.24) is 0 Å². The maximum atomic E-state index is 8.74. The van der Waals surface area contributed by atoms with Gasteiger partial charge in [-0.1, -0.05) is 0 Å². The Morgan fingerprint density at radius 1 is 1.31 bits per heavy atom. The molecule has 0 atom stereocenters. The van der Waals surface area contributed by atoms with Crippen LogP contribution in [-0.2, 0) is 21.7 Å². The Kier molecular flexibility index (Phi) is 8.52. The molecule has 0 bridgehead atoms. The van der Waals surface area contributed by atoms with Crippen molar-refractivity contribution >= 4 is 12.4 Å². The molecule has 0 spiro atoms. The van der Waals surface area contributed by atoms with E-state index in [1.807, 2.05) is 6.07 Å². The van der Waals surface area contributed by atoms with E-state index in [1.165, 1.54) is 4.16 Å². The standard InChI is InChI=1S/C6H5.CH4N.H3O3P.Zn/c1-2-4-6-5-3-1;1-2;1-4(2)3;/h1-5H;1-2H2;4H,(H2,1,2,3);. The van der Waals surface area contributed by atoms with Crippen molar-refractivity contribution in [2.75, 3.05) is 5.14 Å². The second kappa shape index (κ2) is 8.55. The Labute approximate surface area is 85.3 Å². The summed E-state index contributed by atoms with van der Waals surface area (Å²) >= 11 is -0.512. The Morgan fingerprint density at radius 2 is 1.77 bits per heavy atom. The molecule has 0 heterocycles. The van der Waals surface area contributed by atoms with Gasteiger partial charge in [0.05, 0.1) is 0 Å². The summed E-state index contributed by atoms with van der Waals surface area (Å²) in [4.78, 5) is 14.3. The van der Waals surface area contributed by atoms with Gasteiger partial charge in [0.15, 0.2) is 0 Å². The molecule has 0 unspecified atom stereocenters. The van der Waals surface area contributed by atoms with Gasteiger partial charge >= 0.3 is 70.7 Å². The molecule has 1 rings (SSSR count). The third-order valence-electron chi connectivity index (χ3n) is 1.28. The Bertz CT molecular complexity index is 241. The van der Waals surface area contributed by atoms with Gasteiger partial charge in [0.25, 0.3) is 0 Å². The SMILES string of the molecule is N[CH2][Zn][c]1ccccc1.O=[PH](O)O. The van der Waals surface area contributed by atoms with E-state index < -0.39 is 25.4 Å². The number of hydrogen-bond acceptors (Lipinski definition) is 2. The zero-order valence-corrected chi connectivity index (χ0v) is 11.1. The fourth-order valence-corrected chi connectivity index (χ4v) is 2.78. The molecule has 4 nitrogen and oxygen atoms in total. The quantitative estimate of drug-likeness (QED) is 0.499. The van der Waals surface area contributed by atoms with Crippen molar-refractivity contribution in [1.29, 1.82) is 0 Å². The van der Waals surface area contributed by atoms with Crippen LogP contribution in [0.15, 0.2) is 30.3 Å². The molecule has 0 aliphatic heterocycles. The summed E-state index contributed by atoms with van der Waals surface area (Å²) in [7, 11) is -3.13. The smallest absolute Gasteiger partial charge is 0.314 e. The monoisotopic (exact) mass is 253 g/mol. The molecule has 0 saturated carbocycles. The van der Waals surface area contributed by atoms with Crippen molar-refractivity contribution in [3.63, 3.8) is 0 Å². The van der Waals surface area contributed by atoms with Crippen molar-refractivity contribution in [3.8, 4) is 0 Å². The Hall–Kier alpha value is -0.0466. The maximum Gasteiger partial charge on any atom is 0.314 e. The first-order valence-corrected chi connectivity index (χ1v) is 8.71. The fourth-order valence-electron chi connectivity index (χ4n) is 0.811. The van der Waals surface area contributed by atoms with Crippen LogP contribution >= 0.6 is 8.25 Å². The molecule has 13 heavy (non-hydrogen) atoms. The van der Waals surface area contributed by atoms with Crippen molar-refractivity contribution in [3.05, 3.63) is 30.3 Å². The van der Waals surface area contributed by atoms with Gasteiger partial charge in [-0.15, -0.1) is 0 Å². The molecule has 0 aliphatic carbocycles. The van der Waals surface area contributed by atoms with Crippen molar-refractivity contribution in [2.24, 2.45) is 5.73 Å². The molecule has 1 aromatic rings. The van der Waals surface area contributed by atoms with Crippen LogP contribution in [0, 0.1) is 0 Å². The topological polar surface area (TPSA) is 83.6 Å². The summed E-state index contributed by atoms with van der Waals surface area (Å²) in [5.41, 5.74) is 5.44. The first kappa shape index (κ1) is 13.0. The summed E-state index contributed by atoms with van der Waals surface area (Å²) in [6.07, 6.45) is 0. The van der Waals surface area contributed by atoms with Crippen LogP contribution in [0.1, 0.15) is 0 Å². The van der Waals surface area contributed by atoms with E-state index in [0.29, 0.717) is 0 Å². The molecule has 0 radical (unpaired) electrons. The average Bonchev–Trinajstić information content (AvgIpc) is 2.06.